The summed E-state index contributed by atoms with van der Waals surface area (Å²) in [6, 6.07) is 0. The Hall–Kier alpha value is -2.20. The Balaban J connectivity index is -0.000000350. The van der Waals surface area contributed by atoms with Crippen molar-refractivity contribution in [1.29, 1.82) is 0 Å². The van der Waals surface area contributed by atoms with E-state index in [4.69, 9.17) is 30.6 Å². The fourth-order valence-corrected chi connectivity index (χ4v) is 1.83. The minimum atomic E-state index is -0.870. The maximum absolute atomic E-state index is 9.90. The first-order chi connectivity index (χ1) is 13.6. The number of unbranched alkanes of at least 4 members (excludes halogenated alkanes) is 4. The lowest BCUT2D eigenvalue weighted by atomic mass is 10.1. The van der Waals surface area contributed by atoms with Crippen LogP contribution in [-0.4, -0.2) is 67.2 Å². The zero-order chi connectivity index (χ0) is 23.1. The van der Waals surface area contributed by atoms with Gasteiger partial charge in [-0.1, -0.05) is 26.2 Å². The van der Waals surface area contributed by atoms with Gasteiger partial charge in [0.15, 0.2) is 0 Å². The quantitative estimate of drug-likeness (QED) is 0.213. The lowest BCUT2D eigenvalue weighted by Gasteiger charge is -2.04. The molecule has 0 aromatic heterocycles. The predicted octanol–water partition coefficient (Wildman–Crippen LogP) is 2.35. The summed E-state index contributed by atoms with van der Waals surface area (Å²) in [7, 11) is 0. The highest BCUT2D eigenvalue weighted by Gasteiger charge is 2.00. The van der Waals surface area contributed by atoms with Crippen molar-refractivity contribution in [3.05, 3.63) is 0 Å². The lowest BCUT2D eigenvalue weighted by Crippen LogP contribution is -2.10. The van der Waals surface area contributed by atoms with E-state index in [2.05, 4.69) is 6.92 Å². The van der Waals surface area contributed by atoms with Gasteiger partial charge >= 0.3 is 23.9 Å². The molecule has 0 aliphatic carbocycles. The third-order valence-corrected chi connectivity index (χ3v) is 3.41. The van der Waals surface area contributed by atoms with Crippen LogP contribution in [0, 0.1) is 0 Å². The molecule has 0 aliphatic rings. The van der Waals surface area contributed by atoms with Gasteiger partial charge in [-0.15, -0.1) is 0 Å². The Morgan fingerprint density at radius 1 is 0.621 bits per heavy atom. The molecule has 0 aromatic carbocycles. The highest BCUT2D eigenvalue weighted by molar-refractivity contribution is 5.68. The van der Waals surface area contributed by atoms with E-state index < -0.39 is 30.0 Å². The number of rotatable bonds is 15. The molecule has 0 spiro atoms. The van der Waals surface area contributed by atoms with Gasteiger partial charge < -0.3 is 30.6 Å². The first-order valence-corrected chi connectivity index (χ1v) is 9.72. The smallest absolute Gasteiger partial charge is 0.303 e. The van der Waals surface area contributed by atoms with Crippen molar-refractivity contribution in [2.75, 3.05) is 6.61 Å². The second kappa shape index (κ2) is 23.8. The second-order valence-electron chi connectivity index (χ2n) is 6.32. The van der Waals surface area contributed by atoms with Gasteiger partial charge in [0, 0.05) is 25.7 Å². The Bertz CT molecular complexity index is 373. The van der Waals surface area contributed by atoms with E-state index in [9.17, 15) is 19.2 Å². The zero-order valence-electron chi connectivity index (χ0n) is 17.1. The molecule has 0 aromatic rings. The Kier molecular flexibility index (Phi) is 25.9. The molecule has 6 N–H and O–H groups in total. The number of carboxylic acids is 4. The van der Waals surface area contributed by atoms with Crippen LogP contribution in [-0.2, 0) is 19.2 Å². The first kappa shape index (κ1) is 31.5. The first-order valence-electron chi connectivity index (χ1n) is 9.72. The van der Waals surface area contributed by atoms with Crippen LogP contribution in [0.2, 0.25) is 0 Å². The van der Waals surface area contributed by atoms with Gasteiger partial charge in [0.1, 0.15) is 0 Å². The van der Waals surface area contributed by atoms with Crippen molar-refractivity contribution in [1.82, 2.24) is 0 Å². The predicted molar refractivity (Wildman–Crippen MR) is 105 cm³/mol. The van der Waals surface area contributed by atoms with Crippen LogP contribution in [0.5, 0.6) is 0 Å². The molecular formula is C19H36O10. The van der Waals surface area contributed by atoms with E-state index in [1.807, 2.05) is 0 Å². The number of hydrogen-bond donors (Lipinski definition) is 6. The van der Waals surface area contributed by atoms with E-state index in [0.717, 1.165) is 25.7 Å². The average Bonchev–Trinajstić information content (AvgIpc) is 2.63. The van der Waals surface area contributed by atoms with Gasteiger partial charge in [0.25, 0.3) is 0 Å². The summed E-state index contributed by atoms with van der Waals surface area (Å²) in [6.07, 6.45) is 5.63. The minimum absolute atomic E-state index is 0.0628. The minimum Gasteiger partial charge on any atom is -0.481 e. The van der Waals surface area contributed by atoms with Crippen LogP contribution in [0.3, 0.4) is 0 Å². The van der Waals surface area contributed by atoms with Gasteiger partial charge in [-0.25, -0.2) is 0 Å². The summed E-state index contributed by atoms with van der Waals surface area (Å²) in [6.45, 7) is 2.02. The Morgan fingerprint density at radius 3 is 1.14 bits per heavy atom. The molecule has 0 saturated heterocycles. The van der Waals surface area contributed by atoms with Gasteiger partial charge in [-0.05, 0) is 32.1 Å². The van der Waals surface area contributed by atoms with E-state index in [1.54, 1.807) is 0 Å². The molecule has 0 rings (SSSR count). The zero-order valence-corrected chi connectivity index (χ0v) is 17.1. The summed E-state index contributed by atoms with van der Waals surface area (Å²) in [5.41, 5.74) is 0. The van der Waals surface area contributed by atoms with Gasteiger partial charge in [-0.2, -0.15) is 0 Å². The number of hydrogen-bond acceptors (Lipinski definition) is 6. The largest absolute Gasteiger partial charge is 0.481 e. The van der Waals surface area contributed by atoms with Crippen LogP contribution < -0.4 is 0 Å². The highest BCUT2D eigenvalue weighted by Crippen LogP contribution is 2.02. The van der Waals surface area contributed by atoms with Crippen molar-refractivity contribution < 1.29 is 49.8 Å². The third-order valence-electron chi connectivity index (χ3n) is 3.41. The molecule has 10 nitrogen and oxygen atoms in total. The molecule has 29 heavy (non-hydrogen) atoms. The molecule has 0 fully saturated rings. The maximum atomic E-state index is 9.90. The average molecular weight is 424 g/mol. The maximum Gasteiger partial charge on any atom is 0.303 e. The monoisotopic (exact) mass is 424 g/mol. The highest BCUT2D eigenvalue weighted by atomic mass is 16.4. The van der Waals surface area contributed by atoms with Gasteiger partial charge in [0.2, 0.25) is 0 Å². The van der Waals surface area contributed by atoms with Gasteiger partial charge in [-0.3, -0.25) is 19.2 Å². The third kappa shape index (κ3) is 41.3. The standard InChI is InChI=1S/C7H16O2.2C6H10O4/c1-2-3-4-5-7(9)6-8;2*7-5(8)3-1-2-4-6(9)10/h7-9H,2-6H2,1H3;2*1-4H2,(H,7,8)(H,9,10). The summed E-state index contributed by atoms with van der Waals surface area (Å²) >= 11 is 0. The fourth-order valence-electron chi connectivity index (χ4n) is 1.83. The fraction of sp³-hybridized carbons (Fsp3) is 0.789. The summed E-state index contributed by atoms with van der Waals surface area (Å²) < 4.78 is 0. The molecule has 1 unspecified atom stereocenters. The molecule has 0 saturated carbocycles. The summed E-state index contributed by atoms with van der Waals surface area (Å²) in [5, 5.41) is 49.7. The molecule has 10 heteroatoms. The molecular weight excluding hydrogens is 388 g/mol. The SMILES string of the molecule is CCCCCC(O)CO.O=C(O)CCCCC(=O)O.O=C(O)CCCCC(=O)O. The molecule has 0 amide bonds. The topological polar surface area (TPSA) is 190 Å². The molecule has 172 valence electrons. The van der Waals surface area contributed by atoms with E-state index in [-0.39, 0.29) is 32.3 Å². The van der Waals surface area contributed by atoms with E-state index >= 15 is 0 Å². The number of aliphatic hydroxyl groups is 2. The van der Waals surface area contributed by atoms with Crippen molar-refractivity contribution in [2.45, 2.75) is 90.1 Å². The van der Waals surface area contributed by atoms with Crippen LogP contribution in [0.4, 0.5) is 0 Å². The second-order valence-corrected chi connectivity index (χ2v) is 6.32. The molecule has 0 aliphatic heterocycles. The normalized spacial score (nSPS) is 10.6. The van der Waals surface area contributed by atoms with Crippen LogP contribution in [0.15, 0.2) is 0 Å². The summed E-state index contributed by atoms with van der Waals surface area (Å²) in [4.78, 5) is 39.6. The molecule has 1 atom stereocenters. The number of aliphatic carboxylic acids is 4. The molecule has 0 bridgehead atoms. The lowest BCUT2D eigenvalue weighted by molar-refractivity contribution is -0.139. The number of carbonyl (C=O) groups is 4. The van der Waals surface area contributed by atoms with Gasteiger partial charge in [0.05, 0.1) is 12.7 Å². The summed E-state index contributed by atoms with van der Waals surface area (Å²) in [5.74, 6) is -3.48. The Morgan fingerprint density at radius 2 is 0.931 bits per heavy atom. The van der Waals surface area contributed by atoms with Crippen molar-refractivity contribution in [3.63, 3.8) is 0 Å². The van der Waals surface area contributed by atoms with E-state index in [1.165, 1.54) is 0 Å². The molecule has 0 heterocycles. The van der Waals surface area contributed by atoms with Crippen LogP contribution in [0.25, 0.3) is 0 Å². The number of aliphatic hydroxyl groups excluding tert-OH is 2. The van der Waals surface area contributed by atoms with Crippen molar-refractivity contribution >= 4 is 23.9 Å². The van der Waals surface area contributed by atoms with Crippen LogP contribution in [0.1, 0.15) is 84.0 Å². The van der Waals surface area contributed by atoms with Crippen LogP contribution >= 0.6 is 0 Å². The Labute approximate surface area is 171 Å². The van der Waals surface area contributed by atoms with Crippen molar-refractivity contribution in [2.24, 2.45) is 0 Å². The van der Waals surface area contributed by atoms with Crippen molar-refractivity contribution in [3.8, 4) is 0 Å². The molecule has 0 radical (unpaired) electrons. The van der Waals surface area contributed by atoms with E-state index in [0.29, 0.717) is 25.7 Å². The number of carboxylic acid groups (broad SMARTS) is 4.